The zero-order valence-corrected chi connectivity index (χ0v) is 12.6. The molecule has 0 fully saturated rings. The summed E-state index contributed by atoms with van der Waals surface area (Å²) in [4.78, 5) is 2.01. The van der Waals surface area contributed by atoms with Crippen molar-refractivity contribution in [2.24, 2.45) is 0 Å². The molecular weight excluding hydrogens is 282 g/mol. The van der Waals surface area contributed by atoms with E-state index in [1.165, 1.54) is 0 Å². The van der Waals surface area contributed by atoms with Crippen LogP contribution in [0.2, 0.25) is 0 Å². The third kappa shape index (κ3) is 3.44. The standard InChI is InChI=1S/C13H20BrNO2/c1-13(2,16)12(15(3)4)9-6-7-11(17-5)10(14)8-9/h6-8,12,16H,1-5H3. The van der Waals surface area contributed by atoms with E-state index in [-0.39, 0.29) is 6.04 Å². The van der Waals surface area contributed by atoms with Crippen LogP contribution in [-0.2, 0) is 0 Å². The molecule has 0 heterocycles. The third-order valence-corrected chi connectivity index (χ3v) is 3.30. The Hall–Kier alpha value is -0.580. The summed E-state index contributed by atoms with van der Waals surface area (Å²) < 4.78 is 6.10. The Morgan fingerprint density at radius 3 is 2.29 bits per heavy atom. The highest BCUT2D eigenvalue weighted by Gasteiger charge is 2.30. The van der Waals surface area contributed by atoms with Crippen LogP contribution in [-0.4, -0.2) is 36.8 Å². The molecule has 17 heavy (non-hydrogen) atoms. The lowest BCUT2D eigenvalue weighted by molar-refractivity contribution is -0.00319. The first kappa shape index (κ1) is 14.5. The molecule has 0 aromatic heterocycles. The quantitative estimate of drug-likeness (QED) is 0.928. The maximum atomic E-state index is 10.2. The van der Waals surface area contributed by atoms with Gasteiger partial charge < -0.3 is 9.84 Å². The minimum absolute atomic E-state index is 0.0651. The fourth-order valence-corrected chi connectivity index (χ4v) is 2.75. The van der Waals surface area contributed by atoms with Crippen molar-refractivity contribution in [1.82, 2.24) is 4.90 Å². The number of aliphatic hydroxyl groups is 1. The lowest BCUT2D eigenvalue weighted by Gasteiger charge is -2.35. The molecule has 3 nitrogen and oxygen atoms in total. The molecule has 96 valence electrons. The van der Waals surface area contributed by atoms with Crippen LogP contribution in [0.1, 0.15) is 25.5 Å². The molecule has 4 heteroatoms. The van der Waals surface area contributed by atoms with Gasteiger partial charge in [-0.3, -0.25) is 4.90 Å². The second-order valence-electron chi connectivity index (χ2n) is 4.91. The van der Waals surface area contributed by atoms with E-state index in [0.29, 0.717) is 0 Å². The zero-order valence-electron chi connectivity index (χ0n) is 11.0. The molecule has 1 N–H and O–H groups in total. The Morgan fingerprint density at radius 2 is 1.94 bits per heavy atom. The van der Waals surface area contributed by atoms with E-state index in [2.05, 4.69) is 15.9 Å². The van der Waals surface area contributed by atoms with E-state index >= 15 is 0 Å². The van der Waals surface area contributed by atoms with Gasteiger partial charge in [-0.1, -0.05) is 6.07 Å². The first-order valence-corrected chi connectivity index (χ1v) is 6.29. The summed E-state index contributed by atoms with van der Waals surface area (Å²) >= 11 is 3.47. The Morgan fingerprint density at radius 1 is 1.35 bits per heavy atom. The molecule has 0 aliphatic heterocycles. The summed E-state index contributed by atoms with van der Waals surface area (Å²) in [7, 11) is 5.56. The topological polar surface area (TPSA) is 32.7 Å². The Labute approximate surface area is 112 Å². The number of likely N-dealkylation sites (N-methyl/N-ethyl adjacent to an activating group) is 1. The number of ether oxygens (including phenoxy) is 1. The van der Waals surface area contributed by atoms with Crippen molar-refractivity contribution in [3.8, 4) is 5.75 Å². The van der Waals surface area contributed by atoms with Crippen LogP contribution in [0.15, 0.2) is 22.7 Å². The van der Waals surface area contributed by atoms with Crippen LogP contribution in [0.5, 0.6) is 5.75 Å². The molecule has 0 saturated carbocycles. The fraction of sp³-hybridized carbons (Fsp3) is 0.538. The number of benzene rings is 1. The van der Waals surface area contributed by atoms with Crippen molar-refractivity contribution in [3.05, 3.63) is 28.2 Å². The van der Waals surface area contributed by atoms with Crippen LogP contribution in [0.3, 0.4) is 0 Å². The van der Waals surface area contributed by atoms with E-state index in [0.717, 1.165) is 15.8 Å². The third-order valence-electron chi connectivity index (χ3n) is 2.68. The first-order chi connectivity index (χ1) is 7.77. The predicted octanol–water partition coefficient (Wildman–Crippen LogP) is 2.83. The highest BCUT2D eigenvalue weighted by atomic mass is 79.9. The molecule has 0 radical (unpaired) electrons. The number of hydrogen-bond acceptors (Lipinski definition) is 3. The summed E-state index contributed by atoms with van der Waals surface area (Å²) in [6.45, 7) is 3.63. The summed E-state index contributed by atoms with van der Waals surface area (Å²) in [5, 5.41) is 10.2. The number of hydrogen-bond donors (Lipinski definition) is 1. The average molecular weight is 302 g/mol. The molecular formula is C13H20BrNO2. The van der Waals surface area contributed by atoms with Crippen molar-refractivity contribution < 1.29 is 9.84 Å². The molecule has 0 spiro atoms. The van der Waals surface area contributed by atoms with Gasteiger partial charge in [0, 0.05) is 0 Å². The predicted molar refractivity (Wildman–Crippen MR) is 73.4 cm³/mol. The van der Waals surface area contributed by atoms with E-state index in [4.69, 9.17) is 4.74 Å². The van der Waals surface area contributed by atoms with Crippen molar-refractivity contribution in [2.75, 3.05) is 21.2 Å². The lowest BCUT2D eigenvalue weighted by atomic mass is 9.91. The summed E-state index contributed by atoms with van der Waals surface area (Å²) in [6.07, 6.45) is 0. The molecule has 0 aliphatic rings. The van der Waals surface area contributed by atoms with Crippen molar-refractivity contribution in [2.45, 2.75) is 25.5 Å². The van der Waals surface area contributed by atoms with Gasteiger partial charge in [0.2, 0.25) is 0 Å². The van der Waals surface area contributed by atoms with Gasteiger partial charge in [0.25, 0.3) is 0 Å². The zero-order chi connectivity index (χ0) is 13.2. The van der Waals surface area contributed by atoms with E-state index < -0.39 is 5.60 Å². The van der Waals surface area contributed by atoms with Gasteiger partial charge in [-0.2, -0.15) is 0 Å². The summed E-state index contributed by atoms with van der Waals surface area (Å²) in [5.41, 5.74) is 0.243. The van der Waals surface area contributed by atoms with Gasteiger partial charge in [-0.05, 0) is 61.6 Å². The molecule has 1 rings (SSSR count). The molecule has 0 saturated heterocycles. The average Bonchev–Trinajstić information content (AvgIpc) is 2.15. The smallest absolute Gasteiger partial charge is 0.133 e. The number of halogens is 1. The molecule has 1 aromatic rings. The molecule has 1 atom stereocenters. The second kappa shape index (κ2) is 5.38. The van der Waals surface area contributed by atoms with Gasteiger partial charge >= 0.3 is 0 Å². The number of nitrogens with zero attached hydrogens (tertiary/aromatic N) is 1. The van der Waals surface area contributed by atoms with Crippen LogP contribution >= 0.6 is 15.9 Å². The SMILES string of the molecule is COc1ccc(C(N(C)C)C(C)(C)O)cc1Br. The van der Waals surface area contributed by atoms with Crippen LogP contribution in [0.25, 0.3) is 0 Å². The fourth-order valence-electron chi connectivity index (χ4n) is 2.19. The van der Waals surface area contributed by atoms with Crippen LogP contribution in [0.4, 0.5) is 0 Å². The normalized spacial score (nSPS) is 13.9. The minimum atomic E-state index is -0.808. The van der Waals surface area contributed by atoms with E-state index in [1.54, 1.807) is 7.11 Å². The Balaban J connectivity index is 3.17. The molecule has 0 amide bonds. The van der Waals surface area contributed by atoms with Gasteiger partial charge in [0.15, 0.2) is 0 Å². The lowest BCUT2D eigenvalue weighted by Crippen LogP contribution is -2.38. The van der Waals surface area contributed by atoms with E-state index in [9.17, 15) is 5.11 Å². The number of rotatable bonds is 4. The number of methoxy groups -OCH3 is 1. The van der Waals surface area contributed by atoms with E-state index in [1.807, 2.05) is 51.0 Å². The summed E-state index contributed by atoms with van der Waals surface area (Å²) in [5.74, 6) is 0.794. The molecule has 0 bridgehead atoms. The Kier molecular flexibility index (Phi) is 4.58. The van der Waals surface area contributed by atoms with Crippen molar-refractivity contribution in [1.29, 1.82) is 0 Å². The van der Waals surface area contributed by atoms with Crippen LogP contribution in [0, 0.1) is 0 Å². The maximum Gasteiger partial charge on any atom is 0.133 e. The maximum absolute atomic E-state index is 10.2. The van der Waals surface area contributed by atoms with Gasteiger partial charge in [-0.25, -0.2) is 0 Å². The second-order valence-corrected chi connectivity index (χ2v) is 5.77. The molecule has 1 unspecified atom stereocenters. The largest absolute Gasteiger partial charge is 0.496 e. The molecule has 1 aromatic carbocycles. The van der Waals surface area contributed by atoms with Crippen molar-refractivity contribution >= 4 is 15.9 Å². The van der Waals surface area contributed by atoms with Crippen LogP contribution < -0.4 is 4.74 Å². The molecule has 0 aliphatic carbocycles. The van der Waals surface area contributed by atoms with Gasteiger partial charge in [0.1, 0.15) is 5.75 Å². The summed E-state index contributed by atoms with van der Waals surface area (Å²) in [6, 6.07) is 5.81. The van der Waals surface area contributed by atoms with Gasteiger partial charge in [-0.15, -0.1) is 0 Å². The minimum Gasteiger partial charge on any atom is -0.496 e. The highest BCUT2D eigenvalue weighted by molar-refractivity contribution is 9.10. The first-order valence-electron chi connectivity index (χ1n) is 5.49. The highest BCUT2D eigenvalue weighted by Crippen LogP contribution is 2.34. The van der Waals surface area contributed by atoms with Crippen molar-refractivity contribution in [3.63, 3.8) is 0 Å². The van der Waals surface area contributed by atoms with Gasteiger partial charge in [0.05, 0.1) is 23.2 Å². The monoisotopic (exact) mass is 301 g/mol. The Bertz CT molecular complexity index is 385.